The van der Waals surface area contributed by atoms with Crippen LogP contribution in [0.3, 0.4) is 0 Å². The minimum absolute atomic E-state index is 0.308. The molecule has 1 rings (SSSR count). The molecule has 0 atom stereocenters. The van der Waals surface area contributed by atoms with Crippen molar-refractivity contribution < 1.29 is 14.3 Å². The van der Waals surface area contributed by atoms with E-state index in [1.54, 1.807) is 19.2 Å². The van der Waals surface area contributed by atoms with E-state index in [1.807, 2.05) is 6.07 Å². The normalized spacial score (nSPS) is 9.80. The zero-order valence-electron chi connectivity index (χ0n) is 9.37. The number of benzene rings is 1. The summed E-state index contributed by atoms with van der Waals surface area (Å²) in [4.78, 5) is 11.5. The van der Waals surface area contributed by atoms with E-state index in [2.05, 4.69) is 6.92 Å². The predicted octanol–water partition coefficient (Wildman–Crippen LogP) is 2.43. The molecule has 1 aromatic carbocycles. The van der Waals surface area contributed by atoms with Crippen molar-refractivity contribution in [3.8, 4) is 5.75 Å². The molecule has 0 aliphatic rings. The Kier molecular flexibility index (Phi) is 4.16. The average molecular weight is 208 g/mol. The number of methoxy groups -OCH3 is 2. The fourth-order valence-electron chi connectivity index (χ4n) is 1.57. The molecule has 0 aromatic heterocycles. The zero-order chi connectivity index (χ0) is 11.3. The summed E-state index contributed by atoms with van der Waals surface area (Å²) in [7, 11) is 2.99. The fourth-order valence-corrected chi connectivity index (χ4v) is 1.57. The van der Waals surface area contributed by atoms with Gasteiger partial charge in [-0.05, 0) is 18.6 Å². The first-order chi connectivity index (χ1) is 7.24. The van der Waals surface area contributed by atoms with Crippen molar-refractivity contribution in [2.75, 3.05) is 14.2 Å². The highest BCUT2D eigenvalue weighted by molar-refractivity contribution is 5.91. The van der Waals surface area contributed by atoms with E-state index in [-0.39, 0.29) is 5.97 Å². The van der Waals surface area contributed by atoms with Gasteiger partial charge in [-0.1, -0.05) is 19.4 Å². The van der Waals surface area contributed by atoms with Gasteiger partial charge in [0.15, 0.2) is 0 Å². The van der Waals surface area contributed by atoms with Crippen LogP contribution >= 0.6 is 0 Å². The monoisotopic (exact) mass is 208 g/mol. The van der Waals surface area contributed by atoms with E-state index in [0.717, 1.165) is 24.2 Å². The summed E-state index contributed by atoms with van der Waals surface area (Å²) < 4.78 is 9.95. The van der Waals surface area contributed by atoms with Crippen molar-refractivity contribution in [2.45, 2.75) is 19.8 Å². The van der Waals surface area contributed by atoms with E-state index in [1.165, 1.54) is 7.11 Å². The molecule has 0 amide bonds. The Morgan fingerprint density at radius 3 is 2.60 bits per heavy atom. The second-order valence-electron chi connectivity index (χ2n) is 3.23. The maximum Gasteiger partial charge on any atom is 0.338 e. The van der Waals surface area contributed by atoms with Crippen LogP contribution in [0.1, 0.15) is 29.3 Å². The molecule has 3 nitrogen and oxygen atoms in total. The van der Waals surface area contributed by atoms with Crippen molar-refractivity contribution in [3.05, 3.63) is 29.3 Å². The molecule has 0 radical (unpaired) electrons. The molecule has 3 heteroatoms. The SMILES string of the molecule is CCCc1c(OC)cccc1C(=O)OC. The van der Waals surface area contributed by atoms with Crippen LogP contribution in [0.2, 0.25) is 0 Å². The van der Waals surface area contributed by atoms with Crippen molar-refractivity contribution in [3.63, 3.8) is 0 Å². The first kappa shape index (κ1) is 11.6. The third-order valence-corrected chi connectivity index (χ3v) is 2.26. The van der Waals surface area contributed by atoms with Gasteiger partial charge in [-0.15, -0.1) is 0 Å². The van der Waals surface area contributed by atoms with Crippen molar-refractivity contribution in [1.29, 1.82) is 0 Å². The Morgan fingerprint density at radius 2 is 2.07 bits per heavy atom. The lowest BCUT2D eigenvalue weighted by Crippen LogP contribution is -2.07. The first-order valence-corrected chi connectivity index (χ1v) is 4.98. The van der Waals surface area contributed by atoms with Crippen LogP contribution in [0, 0.1) is 0 Å². The quantitative estimate of drug-likeness (QED) is 0.713. The zero-order valence-corrected chi connectivity index (χ0v) is 9.37. The number of carbonyl (C=O) groups is 1. The summed E-state index contributed by atoms with van der Waals surface area (Å²) in [6.45, 7) is 2.06. The summed E-state index contributed by atoms with van der Waals surface area (Å²) >= 11 is 0. The van der Waals surface area contributed by atoms with Crippen LogP contribution in [0.25, 0.3) is 0 Å². The number of hydrogen-bond acceptors (Lipinski definition) is 3. The first-order valence-electron chi connectivity index (χ1n) is 4.98. The molecule has 0 heterocycles. The van der Waals surface area contributed by atoms with Crippen LogP contribution in [-0.4, -0.2) is 20.2 Å². The lowest BCUT2D eigenvalue weighted by molar-refractivity contribution is 0.0599. The van der Waals surface area contributed by atoms with Gasteiger partial charge in [0, 0.05) is 5.56 Å². The minimum Gasteiger partial charge on any atom is -0.496 e. The molecule has 0 saturated carbocycles. The molecule has 0 unspecified atom stereocenters. The average Bonchev–Trinajstić information content (AvgIpc) is 2.28. The van der Waals surface area contributed by atoms with Crippen molar-refractivity contribution in [2.24, 2.45) is 0 Å². The van der Waals surface area contributed by atoms with E-state index in [4.69, 9.17) is 9.47 Å². The molecule has 1 aromatic rings. The Bertz CT molecular complexity index is 345. The van der Waals surface area contributed by atoms with E-state index < -0.39 is 0 Å². The Balaban J connectivity index is 3.18. The van der Waals surface area contributed by atoms with Gasteiger partial charge in [-0.3, -0.25) is 0 Å². The second-order valence-corrected chi connectivity index (χ2v) is 3.23. The minimum atomic E-state index is -0.308. The Labute approximate surface area is 90.0 Å². The third-order valence-electron chi connectivity index (χ3n) is 2.26. The topological polar surface area (TPSA) is 35.5 Å². The summed E-state index contributed by atoms with van der Waals surface area (Å²) in [5.74, 6) is 0.442. The van der Waals surface area contributed by atoms with Gasteiger partial charge in [-0.2, -0.15) is 0 Å². The van der Waals surface area contributed by atoms with Gasteiger partial charge >= 0.3 is 5.97 Å². The van der Waals surface area contributed by atoms with Gasteiger partial charge in [0.1, 0.15) is 5.75 Å². The van der Waals surface area contributed by atoms with Gasteiger partial charge in [0.2, 0.25) is 0 Å². The molecule has 0 fully saturated rings. The molecule has 0 saturated heterocycles. The number of esters is 1. The van der Waals surface area contributed by atoms with Crippen LogP contribution in [-0.2, 0) is 11.2 Å². The molecule has 82 valence electrons. The molecular weight excluding hydrogens is 192 g/mol. The highest BCUT2D eigenvalue weighted by atomic mass is 16.5. The van der Waals surface area contributed by atoms with Crippen molar-refractivity contribution >= 4 is 5.97 Å². The van der Waals surface area contributed by atoms with Gasteiger partial charge in [0.05, 0.1) is 19.8 Å². The number of carbonyl (C=O) groups excluding carboxylic acids is 1. The standard InChI is InChI=1S/C12H16O3/c1-4-6-9-10(12(13)15-3)7-5-8-11(9)14-2/h5,7-8H,4,6H2,1-3H3. The van der Waals surface area contributed by atoms with Gasteiger partial charge < -0.3 is 9.47 Å². The molecule has 0 aliphatic carbocycles. The summed E-state index contributed by atoms with van der Waals surface area (Å²) in [6, 6.07) is 5.42. The summed E-state index contributed by atoms with van der Waals surface area (Å²) in [5.41, 5.74) is 1.52. The van der Waals surface area contributed by atoms with Crippen LogP contribution in [0.5, 0.6) is 5.75 Å². The van der Waals surface area contributed by atoms with Crippen LogP contribution < -0.4 is 4.74 Å². The lowest BCUT2D eigenvalue weighted by atomic mass is 10.0. The van der Waals surface area contributed by atoms with Crippen molar-refractivity contribution in [1.82, 2.24) is 0 Å². The molecular formula is C12H16O3. The van der Waals surface area contributed by atoms with Gasteiger partial charge in [-0.25, -0.2) is 4.79 Å². The fraction of sp³-hybridized carbons (Fsp3) is 0.417. The maximum atomic E-state index is 11.5. The smallest absolute Gasteiger partial charge is 0.338 e. The van der Waals surface area contributed by atoms with Crippen LogP contribution in [0.4, 0.5) is 0 Å². The number of ether oxygens (including phenoxy) is 2. The largest absolute Gasteiger partial charge is 0.496 e. The Hall–Kier alpha value is -1.51. The van der Waals surface area contributed by atoms with E-state index >= 15 is 0 Å². The maximum absolute atomic E-state index is 11.5. The van der Waals surface area contributed by atoms with Gasteiger partial charge in [0.25, 0.3) is 0 Å². The third kappa shape index (κ3) is 2.49. The Morgan fingerprint density at radius 1 is 1.33 bits per heavy atom. The highest BCUT2D eigenvalue weighted by Gasteiger charge is 2.14. The molecule has 0 bridgehead atoms. The second kappa shape index (κ2) is 5.39. The lowest BCUT2D eigenvalue weighted by Gasteiger charge is -2.11. The summed E-state index contributed by atoms with van der Waals surface area (Å²) in [6.07, 6.45) is 1.78. The number of hydrogen-bond donors (Lipinski definition) is 0. The predicted molar refractivity (Wildman–Crippen MR) is 58.3 cm³/mol. The van der Waals surface area contributed by atoms with E-state index in [0.29, 0.717) is 5.56 Å². The molecule has 0 spiro atoms. The summed E-state index contributed by atoms with van der Waals surface area (Å²) in [5, 5.41) is 0. The number of rotatable bonds is 4. The molecule has 15 heavy (non-hydrogen) atoms. The van der Waals surface area contributed by atoms with E-state index in [9.17, 15) is 4.79 Å². The van der Waals surface area contributed by atoms with Crippen LogP contribution in [0.15, 0.2) is 18.2 Å². The molecule has 0 aliphatic heterocycles. The molecule has 0 N–H and O–H groups in total. The highest BCUT2D eigenvalue weighted by Crippen LogP contribution is 2.24.